The molecule has 0 saturated carbocycles. The molecular weight excluding hydrogens is 198 g/mol. The van der Waals surface area contributed by atoms with E-state index in [2.05, 4.69) is 34.8 Å². The molecule has 0 unspecified atom stereocenters. The van der Waals surface area contributed by atoms with Gasteiger partial charge in [-0.15, -0.1) is 12.6 Å². The normalized spacial score (nSPS) is 10.3. The molecule has 0 aliphatic carbocycles. The van der Waals surface area contributed by atoms with E-state index in [1.54, 1.807) is 11.3 Å². The van der Waals surface area contributed by atoms with Crippen molar-refractivity contribution >= 4 is 24.0 Å². The van der Waals surface area contributed by atoms with Gasteiger partial charge in [-0.1, -0.05) is 29.5 Å². The van der Waals surface area contributed by atoms with Crippen LogP contribution in [0.3, 0.4) is 0 Å². The summed E-state index contributed by atoms with van der Waals surface area (Å²) in [6.45, 7) is 0. The van der Waals surface area contributed by atoms with Gasteiger partial charge in [0, 0.05) is 5.56 Å². The van der Waals surface area contributed by atoms with Crippen LogP contribution < -0.4 is 4.57 Å². The summed E-state index contributed by atoms with van der Waals surface area (Å²) in [5, 5.41) is 0. The maximum atomic E-state index is 4.43. The predicted molar refractivity (Wildman–Crippen MR) is 58.2 cm³/mol. The number of nitrogens with zero attached hydrogens (tertiary/aromatic N) is 1. The van der Waals surface area contributed by atoms with Gasteiger partial charge in [-0.05, 0) is 12.1 Å². The van der Waals surface area contributed by atoms with Crippen LogP contribution in [0.5, 0.6) is 0 Å². The standard InChI is InChI=1S/C10H9NS2/c1-11-7-13-10(12)9(11)8-5-3-2-4-6-8/h2-7H,1H3/p+1. The summed E-state index contributed by atoms with van der Waals surface area (Å²) in [4.78, 5) is 0. The molecule has 0 aliphatic heterocycles. The minimum absolute atomic E-state index is 1.06. The number of thiazole rings is 1. The maximum Gasteiger partial charge on any atom is 0.236 e. The number of hydrogen-bond acceptors (Lipinski definition) is 2. The Labute approximate surface area is 87.1 Å². The van der Waals surface area contributed by atoms with Crippen LogP contribution in [0.15, 0.2) is 40.1 Å². The van der Waals surface area contributed by atoms with Gasteiger partial charge in [-0.3, -0.25) is 0 Å². The molecule has 3 heteroatoms. The van der Waals surface area contributed by atoms with Gasteiger partial charge in [0.25, 0.3) is 0 Å². The average molecular weight is 208 g/mol. The number of rotatable bonds is 1. The van der Waals surface area contributed by atoms with Crippen molar-refractivity contribution in [2.45, 2.75) is 4.21 Å². The van der Waals surface area contributed by atoms with Gasteiger partial charge in [-0.2, -0.15) is 4.57 Å². The van der Waals surface area contributed by atoms with Crippen molar-refractivity contribution in [2.75, 3.05) is 0 Å². The number of aryl methyl sites for hydroxylation is 1. The minimum Gasteiger partial charge on any atom is -0.190 e. The Balaban J connectivity index is 2.59. The van der Waals surface area contributed by atoms with Gasteiger partial charge in [0.05, 0.1) is 0 Å². The highest BCUT2D eigenvalue weighted by Gasteiger charge is 2.15. The van der Waals surface area contributed by atoms with E-state index in [0.717, 1.165) is 4.21 Å². The first kappa shape index (κ1) is 8.78. The molecule has 1 heterocycles. The van der Waals surface area contributed by atoms with Crippen molar-refractivity contribution in [1.29, 1.82) is 0 Å². The lowest BCUT2D eigenvalue weighted by atomic mass is 10.2. The Morgan fingerprint density at radius 3 is 2.46 bits per heavy atom. The highest BCUT2D eigenvalue weighted by molar-refractivity contribution is 7.83. The van der Waals surface area contributed by atoms with Crippen molar-refractivity contribution in [3.8, 4) is 11.3 Å². The van der Waals surface area contributed by atoms with E-state index in [0.29, 0.717) is 0 Å². The fraction of sp³-hybridized carbons (Fsp3) is 0.100. The molecule has 0 N–H and O–H groups in total. The number of benzene rings is 1. The van der Waals surface area contributed by atoms with Crippen LogP contribution in [-0.4, -0.2) is 0 Å². The molecule has 13 heavy (non-hydrogen) atoms. The van der Waals surface area contributed by atoms with Gasteiger partial charge in [0.1, 0.15) is 11.3 Å². The van der Waals surface area contributed by atoms with Crippen molar-refractivity contribution in [2.24, 2.45) is 7.05 Å². The van der Waals surface area contributed by atoms with Gasteiger partial charge in [0.2, 0.25) is 11.2 Å². The van der Waals surface area contributed by atoms with Crippen LogP contribution >= 0.6 is 24.0 Å². The zero-order valence-corrected chi connectivity index (χ0v) is 8.98. The lowest BCUT2D eigenvalue weighted by Gasteiger charge is -1.94. The lowest BCUT2D eigenvalue weighted by Crippen LogP contribution is -2.27. The van der Waals surface area contributed by atoms with Gasteiger partial charge < -0.3 is 0 Å². The van der Waals surface area contributed by atoms with E-state index in [1.165, 1.54) is 11.3 Å². The van der Waals surface area contributed by atoms with Crippen LogP contribution in [-0.2, 0) is 7.05 Å². The van der Waals surface area contributed by atoms with Crippen molar-refractivity contribution < 1.29 is 4.57 Å². The second kappa shape index (κ2) is 3.52. The second-order valence-corrected chi connectivity index (χ2v) is 4.46. The van der Waals surface area contributed by atoms with E-state index in [9.17, 15) is 0 Å². The summed E-state index contributed by atoms with van der Waals surface area (Å²) in [7, 11) is 2.04. The number of thiol groups is 1. The van der Waals surface area contributed by atoms with E-state index in [1.807, 2.05) is 25.2 Å². The largest absolute Gasteiger partial charge is 0.236 e. The summed E-state index contributed by atoms with van der Waals surface area (Å²) in [5.41, 5.74) is 4.47. The smallest absolute Gasteiger partial charge is 0.190 e. The zero-order valence-electron chi connectivity index (χ0n) is 7.27. The molecule has 1 aromatic heterocycles. The van der Waals surface area contributed by atoms with Crippen LogP contribution in [0.25, 0.3) is 11.3 Å². The van der Waals surface area contributed by atoms with Gasteiger partial charge >= 0.3 is 0 Å². The second-order valence-electron chi connectivity index (χ2n) is 2.85. The van der Waals surface area contributed by atoms with E-state index >= 15 is 0 Å². The molecule has 0 radical (unpaired) electrons. The first-order valence-corrected chi connectivity index (χ1v) is 5.33. The molecule has 2 rings (SSSR count). The molecule has 2 aromatic rings. The molecule has 66 valence electrons. The first-order valence-electron chi connectivity index (χ1n) is 4.00. The highest BCUT2D eigenvalue weighted by atomic mass is 32.2. The highest BCUT2D eigenvalue weighted by Crippen LogP contribution is 2.26. The molecule has 0 atom stereocenters. The van der Waals surface area contributed by atoms with Crippen molar-refractivity contribution in [3.05, 3.63) is 35.8 Å². The Bertz CT molecular complexity index is 387. The number of hydrogen-bond donors (Lipinski definition) is 1. The minimum atomic E-state index is 1.06. The maximum absolute atomic E-state index is 4.43. The van der Waals surface area contributed by atoms with E-state index in [-0.39, 0.29) is 0 Å². The summed E-state index contributed by atoms with van der Waals surface area (Å²) in [5.74, 6) is 0. The van der Waals surface area contributed by atoms with Crippen LogP contribution in [0.2, 0.25) is 0 Å². The fourth-order valence-electron chi connectivity index (χ4n) is 1.31. The third-order valence-electron chi connectivity index (χ3n) is 1.92. The molecule has 0 bridgehead atoms. The van der Waals surface area contributed by atoms with E-state index in [4.69, 9.17) is 0 Å². The molecule has 0 aliphatic rings. The fourth-order valence-corrected chi connectivity index (χ4v) is 2.48. The molecule has 0 saturated heterocycles. The summed E-state index contributed by atoms with van der Waals surface area (Å²) in [6.07, 6.45) is 0. The molecular formula is C10H10NS2+. The quantitative estimate of drug-likeness (QED) is 0.542. The third kappa shape index (κ3) is 1.62. The SMILES string of the molecule is C[n+]1csc(S)c1-c1ccccc1. The monoisotopic (exact) mass is 208 g/mol. The predicted octanol–water partition coefficient (Wildman–Crippen LogP) is 2.53. The van der Waals surface area contributed by atoms with Gasteiger partial charge in [0.15, 0.2) is 0 Å². The summed E-state index contributed by atoms with van der Waals surface area (Å²) < 4.78 is 3.16. The summed E-state index contributed by atoms with van der Waals surface area (Å²) >= 11 is 6.08. The van der Waals surface area contributed by atoms with Crippen molar-refractivity contribution in [1.82, 2.24) is 0 Å². The molecule has 1 nitrogen and oxygen atoms in total. The average Bonchev–Trinajstić information content (AvgIpc) is 2.48. The molecule has 0 fully saturated rings. The Morgan fingerprint density at radius 1 is 1.23 bits per heavy atom. The third-order valence-corrected chi connectivity index (χ3v) is 3.29. The van der Waals surface area contributed by atoms with Crippen molar-refractivity contribution in [3.63, 3.8) is 0 Å². The Morgan fingerprint density at radius 2 is 1.92 bits per heavy atom. The molecule has 0 amide bonds. The topological polar surface area (TPSA) is 3.88 Å². The summed E-state index contributed by atoms with van der Waals surface area (Å²) in [6, 6.07) is 10.3. The van der Waals surface area contributed by atoms with E-state index < -0.39 is 0 Å². The number of aromatic nitrogens is 1. The van der Waals surface area contributed by atoms with Crippen LogP contribution in [0.4, 0.5) is 0 Å². The van der Waals surface area contributed by atoms with Gasteiger partial charge in [-0.25, -0.2) is 0 Å². The Hall–Kier alpha value is -0.800. The first-order chi connectivity index (χ1) is 6.29. The molecule has 0 spiro atoms. The lowest BCUT2D eigenvalue weighted by molar-refractivity contribution is -0.656. The van der Waals surface area contributed by atoms with Crippen LogP contribution in [0, 0.1) is 0 Å². The Kier molecular flexibility index (Phi) is 2.38. The zero-order chi connectivity index (χ0) is 9.26. The molecule has 1 aromatic carbocycles. The van der Waals surface area contributed by atoms with Crippen LogP contribution in [0.1, 0.15) is 0 Å².